The summed E-state index contributed by atoms with van der Waals surface area (Å²) in [5.74, 6) is -0.612. The third kappa shape index (κ3) is 51.4. The number of ether oxygens (including phenoxy) is 1. The fourth-order valence-electron chi connectivity index (χ4n) is 7.43. The first-order valence-electron chi connectivity index (χ1n) is 28.2. The van der Waals surface area contributed by atoms with Gasteiger partial charge in [-0.15, -0.1) is 0 Å². The van der Waals surface area contributed by atoms with Gasteiger partial charge in [-0.2, -0.15) is 0 Å². The Morgan fingerprint density at radius 3 is 1.52 bits per heavy atom. The molecule has 0 spiro atoms. The zero-order valence-electron chi connectivity index (χ0n) is 46.1. The van der Waals surface area contributed by atoms with Gasteiger partial charge in [0.25, 0.3) is 7.82 Å². The average Bonchev–Trinajstić information content (AvgIpc) is 3.33. The second kappa shape index (κ2) is 50.2. The third-order valence-electron chi connectivity index (χ3n) is 11.8. The Labute approximate surface area is 436 Å². The fourth-order valence-corrected chi connectivity index (χ4v) is 8.15. The summed E-state index contributed by atoms with van der Waals surface area (Å²) in [7, 11) is 1.13. The monoisotopic (exact) mass is 1010 g/mol. The average molecular weight is 1010 g/mol. The standard InChI is InChI=1S/C61H105N2O7P/c1-7-10-13-16-19-22-25-28-29-30-31-32-33-36-39-42-45-48-51-54-61(65)70-59(52-49-46-43-40-37-34-26-23-20-17-14-11-8-2)58(57-69-71(66,67)68-56-55-63(4,5)6)62-60(64)53-50-47-44-41-38-35-27-24-21-18-15-12-9-3/h10,12-13,15,18-19,21-22,24,27-29,31-32,36,39,49,52,58-59H,7-9,11,14,16-17,20,23,25-26,30,33-35,37-38,40-48,50-51,53-57H2,1-6H3,(H-,62,64,66,67)/b13-10-,15-12+,21-18+,22-19-,27-24-,29-28-,32-31-,39-36-,52-49-. The molecule has 3 atom stereocenters. The van der Waals surface area contributed by atoms with Gasteiger partial charge in [-0.25, -0.2) is 0 Å². The van der Waals surface area contributed by atoms with Gasteiger partial charge in [-0.3, -0.25) is 14.2 Å². The molecule has 0 fully saturated rings. The van der Waals surface area contributed by atoms with Gasteiger partial charge in [0.05, 0.1) is 33.8 Å². The van der Waals surface area contributed by atoms with Crippen molar-refractivity contribution < 1.29 is 37.3 Å². The third-order valence-corrected chi connectivity index (χ3v) is 12.7. The summed E-state index contributed by atoms with van der Waals surface area (Å²) in [6, 6.07) is -0.919. The molecular formula is C61H105N2O7P. The number of carbonyl (C=O) groups excluding carboxylic acids is 2. The number of likely N-dealkylation sites (N-methyl/N-ethyl adjacent to an activating group) is 1. The van der Waals surface area contributed by atoms with Gasteiger partial charge < -0.3 is 28.5 Å². The fraction of sp³-hybridized carbons (Fsp3) is 0.672. The molecule has 0 aliphatic carbocycles. The van der Waals surface area contributed by atoms with Gasteiger partial charge in [0.1, 0.15) is 19.3 Å². The zero-order chi connectivity index (χ0) is 52.2. The van der Waals surface area contributed by atoms with Crippen LogP contribution < -0.4 is 10.2 Å². The number of hydrogen-bond donors (Lipinski definition) is 1. The number of rotatable bonds is 49. The van der Waals surface area contributed by atoms with Gasteiger partial charge in [0, 0.05) is 12.8 Å². The lowest BCUT2D eigenvalue weighted by Crippen LogP contribution is -2.47. The molecule has 0 radical (unpaired) electrons. The first-order valence-corrected chi connectivity index (χ1v) is 29.7. The van der Waals surface area contributed by atoms with Crippen molar-refractivity contribution in [3.05, 3.63) is 109 Å². The highest BCUT2D eigenvalue weighted by atomic mass is 31.2. The first-order chi connectivity index (χ1) is 34.4. The van der Waals surface area contributed by atoms with E-state index in [4.69, 9.17) is 13.8 Å². The SMILES string of the molecule is CC/C=C\C/C=C\C/C=C\C/C=C\C/C=C\CCCCCC(=O)OC(/C=C\CCCCCCCCCCCCC)C(COP(=O)([O-])OCC[N+](C)(C)C)NC(=O)CCCCCCC\C=C/C=C/C=C/CC. The van der Waals surface area contributed by atoms with Gasteiger partial charge in [-0.1, -0.05) is 214 Å². The Kier molecular flexibility index (Phi) is 47.9. The molecule has 1 amide bonds. The van der Waals surface area contributed by atoms with Crippen molar-refractivity contribution in [2.24, 2.45) is 0 Å². The molecule has 71 heavy (non-hydrogen) atoms. The molecule has 0 aliphatic heterocycles. The Morgan fingerprint density at radius 2 is 0.972 bits per heavy atom. The minimum atomic E-state index is -4.71. The van der Waals surface area contributed by atoms with Crippen LogP contribution in [0.4, 0.5) is 0 Å². The minimum absolute atomic E-state index is 0.0381. The lowest BCUT2D eigenvalue weighted by atomic mass is 10.0. The van der Waals surface area contributed by atoms with Crippen LogP contribution in [0.25, 0.3) is 0 Å². The van der Waals surface area contributed by atoms with E-state index < -0.39 is 26.6 Å². The van der Waals surface area contributed by atoms with Crippen LogP contribution in [0.15, 0.2) is 109 Å². The number of carbonyl (C=O) groups is 2. The van der Waals surface area contributed by atoms with E-state index in [0.717, 1.165) is 109 Å². The van der Waals surface area contributed by atoms with E-state index in [1.165, 1.54) is 57.8 Å². The number of phosphoric ester groups is 1. The van der Waals surface area contributed by atoms with Crippen LogP contribution in [0.2, 0.25) is 0 Å². The number of quaternary nitrogens is 1. The van der Waals surface area contributed by atoms with Crippen LogP contribution in [0.1, 0.15) is 213 Å². The predicted octanol–water partition coefficient (Wildman–Crippen LogP) is 16.4. The lowest BCUT2D eigenvalue weighted by Gasteiger charge is -2.30. The van der Waals surface area contributed by atoms with Crippen LogP contribution in [-0.2, 0) is 27.9 Å². The second-order valence-electron chi connectivity index (χ2n) is 19.7. The topological polar surface area (TPSA) is 114 Å². The highest BCUT2D eigenvalue weighted by Crippen LogP contribution is 2.38. The molecule has 3 unspecified atom stereocenters. The molecule has 0 heterocycles. The lowest BCUT2D eigenvalue weighted by molar-refractivity contribution is -0.870. The number of amides is 1. The van der Waals surface area contributed by atoms with Gasteiger partial charge in [0.15, 0.2) is 0 Å². The molecule has 9 nitrogen and oxygen atoms in total. The molecule has 0 rings (SSSR count). The number of nitrogens with one attached hydrogen (secondary N) is 1. The molecule has 0 saturated heterocycles. The normalized spacial score (nSPS) is 14.6. The summed E-state index contributed by atoms with van der Waals surface area (Å²) in [4.78, 5) is 39.8. The summed E-state index contributed by atoms with van der Waals surface area (Å²) in [5.41, 5.74) is 0. The molecule has 10 heteroatoms. The van der Waals surface area contributed by atoms with E-state index in [0.29, 0.717) is 23.9 Å². The quantitative estimate of drug-likeness (QED) is 0.0161. The summed E-state index contributed by atoms with van der Waals surface area (Å²) >= 11 is 0. The van der Waals surface area contributed by atoms with Gasteiger partial charge >= 0.3 is 5.97 Å². The zero-order valence-corrected chi connectivity index (χ0v) is 47.0. The smallest absolute Gasteiger partial charge is 0.306 e. The summed E-state index contributed by atoms with van der Waals surface area (Å²) in [5, 5.41) is 2.99. The summed E-state index contributed by atoms with van der Waals surface area (Å²) < 4.78 is 30.2. The molecule has 0 saturated carbocycles. The molecule has 0 aliphatic rings. The number of unbranched alkanes of at least 4 members (excludes halogenated alkanes) is 19. The van der Waals surface area contributed by atoms with E-state index in [2.05, 4.69) is 117 Å². The van der Waals surface area contributed by atoms with Crippen molar-refractivity contribution in [2.75, 3.05) is 40.9 Å². The molecule has 0 aromatic rings. The van der Waals surface area contributed by atoms with E-state index in [1.807, 2.05) is 39.4 Å². The van der Waals surface area contributed by atoms with Crippen molar-refractivity contribution in [3.63, 3.8) is 0 Å². The number of allylic oxidation sites excluding steroid dienone is 17. The summed E-state index contributed by atoms with van der Waals surface area (Å²) in [6.45, 7) is 6.53. The van der Waals surface area contributed by atoms with Crippen molar-refractivity contribution in [2.45, 2.75) is 226 Å². The van der Waals surface area contributed by atoms with Crippen molar-refractivity contribution in [3.8, 4) is 0 Å². The maximum Gasteiger partial charge on any atom is 0.306 e. The molecule has 406 valence electrons. The van der Waals surface area contributed by atoms with Crippen LogP contribution in [0, 0.1) is 0 Å². The van der Waals surface area contributed by atoms with E-state index in [1.54, 1.807) is 0 Å². The first kappa shape index (κ1) is 67.7. The second-order valence-corrected chi connectivity index (χ2v) is 21.1. The predicted molar refractivity (Wildman–Crippen MR) is 302 cm³/mol. The Hall–Kier alpha value is -3.33. The van der Waals surface area contributed by atoms with Crippen molar-refractivity contribution >= 4 is 19.7 Å². The van der Waals surface area contributed by atoms with Crippen molar-refractivity contribution in [1.29, 1.82) is 0 Å². The van der Waals surface area contributed by atoms with Crippen LogP contribution in [0.5, 0.6) is 0 Å². The van der Waals surface area contributed by atoms with Gasteiger partial charge in [0.2, 0.25) is 5.91 Å². The van der Waals surface area contributed by atoms with Crippen LogP contribution in [0.3, 0.4) is 0 Å². The number of esters is 1. The number of phosphoric acid groups is 1. The highest BCUT2D eigenvalue weighted by Gasteiger charge is 2.27. The maximum absolute atomic E-state index is 13.5. The Balaban J connectivity index is 5.47. The molecular weight excluding hydrogens is 904 g/mol. The van der Waals surface area contributed by atoms with Crippen molar-refractivity contribution in [1.82, 2.24) is 5.32 Å². The highest BCUT2D eigenvalue weighted by molar-refractivity contribution is 7.45. The van der Waals surface area contributed by atoms with E-state index >= 15 is 0 Å². The minimum Gasteiger partial charge on any atom is -0.756 e. The Bertz CT molecular complexity index is 1580. The number of hydrogen-bond acceptors (Lipinski definition) is 7. The molecule has 0 bridgehead atoms. The van der Waals surface area contributed by atoms with E-state index in [9.17, 15) is 19.0 Å². The van der Waals surface area contributed by atoms with Crippen LogP contribution in [-0.4, -0.2) is 69.4 Å². The molecule has 0 aromatic carbocycles. The van der Waals surface area contributed by atoms with Crippen LogP contribution >= 0.6 is 7.82 Å². The molecule has 0 aromatic heterocycles. The largest absolute Gasteiger partial charge is 0.756 e. The maximum atomic E-state index is 13.5. The number of nitrogens with zero attached hydrogens (tertiary/aromatic N) is 1. The summed E-state index contributed by atoms with van der Waals surface area (Å²) in [6.07, 6.45) is 67.7. The van der Waals surface area contributed by atoms with Gasteiger partial charge in [-0.05, 0) is 96.0 Å². The van der Waals surface area contributed by atoms with E-state index in [-0.39, 0.29) is 31.3 Å². The Morgan fingerprint density at radius 1 is 0.521 bits per heavy atom. The molecule has 1 N–H and O–H groups in total.